The molecule has 1 atom stereocenters. The summed E-state index contributed by atoms with van der Waals surface area (Å²) < 4.78 is 10.4. The van der Waals surface area contributed by atoms with E-state index in [1.165, 1.54) is 6.21 Å². The summed E-state index contributed by atoms with van der Waals surface area (Å²) in [5, 5.41) is 0. The van der Waals surface area contributed by atoms with Crippen LogP contribution < -0.4 is 0 Å². The van der Waals surface area contributed by atoms with E-state index in [4.69, 9.17) is 9.47 Å². The molecule has 0 aromatic rings. The van der Waals surface area contributed by atoms with Crippen LogP contribution in [-0.4, -0.2) is 31.5 Å². The van der Waals surface area contributed by atoms with E-state index in [1.807, 2.05) is 6.92 Å². The van der Waals surface area contributed by atoms with E-state index in [9.17, 15) is 4.79 Å². The molecule has 0 aliphatic heterocycles. The minimum atomic E-state index is -0.507. The third kappa shape index (κ3) is 6.14. The minimum absolute atomic E-state index is 0.102. The number of ether oxygens (including phenoxy) is 2. The molecule has 16 heavy (non-hydrogen) atoms. The van der Waals surface area contributed by atoms with Crippen molar-refractivity contribution in [3.63, 3.8) is 0 Å². The molecule has 0 fully saturated rings. The number of hydrogen-bond acceptors (Lipinski definition) is 4. The molecule has 0 spiro atoms. The lowest BCUT2D eigenvalue weighted by Crippen LogP contribution is -2.23. The van der Waals surface area contributed by atoms with Crippen molar-refractivity contribution in [2.45, 2.75) is 26.4 Å². The van der Waals surface area contributed by atoms with Gasteiger partial charge in [0.1, 0.15) is 11.8 Å². The Kier molecular flexibility index (Phi) is 8.07. The predicted molar refractivity (Wildman–Crippen MR) is 64.5 cm³/mol. The van der Waals surface area contributed by atoms with Gasteiger partial charge in [-0.25, -0.2) is 4.79 Å². The maximum atomic E-state index is 11.4. The van der Waals surface area contributed by atoms with Crippen LogP contribution in [-0.2, 0) is 14.3 Å². The van der Waals surface area contributed by atoms with E-state index < -0.39 is 5.97 Å². The van der Waals surface area contributed by atoms with Crippen molar-refractivity contribution in [1.82, 2.24) is 0 Å². The SMILES string of the molecule is C=CCOCC(CC)OC(=O)C(=C)N=CC. The molecule has 0 radical (unpaired) electrons. The molecule has 0 aliphatic rings. The zero-order valence-electron chi connectivity index (χ0n) is 9.94. The van der Waals surface area contributed by atoms with E-state index in [2.05, 4.69) is 18.2 Å². The predicted octanol–water partition coefficient (Wildman–Crippen LogP) is 2.12. The second kappa shape index (κ2) is 8.85. The molecule has 0 rings (SSSR count). The zero-order chi connectivity index (χ0) is 12.4. The molecule has 1 unspecified atom stereocenters. The van der Waals surface area contributed by atoms with E-state index in [1.54, 1.807) is 13.0 Å². The van der Waals surface area contributed by atoms with E-state index in [-0.39, 0.29) is 11.8 Å². The van der Waals surface area contributed by atoms with Gasteiger partial charge in [0.15, 0.2) is 0 Å². The number of esters is 1. The van der Waals surface area contributed by atoms with Crippen molar-refractivity contribution in [3.8, 4) is 0 Å². The van der Waals surface area contributed by atoms with Crippen molar-refractivity contribution in [2.24, 2.45) is 4.99 Å². The maximum absolute atomic E-state index is 11.4. The summed E-state index contributed by atoms with van der Waals surface area (Å²) in [6.45, 7) is 11.5. The maximum Gasteiger partial charge on any atom is 0.356 e. The van der Waals surface area contributed by atoms with Crippen LogP contribution in [0.2, 0.25) is 0 Å². The zero-order valence-corrected chi connectivity index (χ0v) is 9.94. The highest BCUT2D eigenvalue weighted by Crippen LogP contribution is 2.04. The lowest BCUT2D eigenvalue weighted by atomic mass is 10.3. The second-order valence-corrected chi connectivity index (χ2v) is 3.10. The molecular weight excluding hydrogens is 206 g/mol. The highest BCUT2D eigenvalue weighted by Gasteiger charge is 2.14. The molecular formula is C12H19NO3. The first kappa shape index (κ1) is 14.6. The van der Waals surface area contributed by atoms with Crippen LogP contribution in [0.5, 0.6) is 0 Å². The van der Waals surface area contributed by atoms with Crippen molar-refractivity contribution in [3.05, 3.63) is 24.9 Å². The third-order valence-corrected chi connectivity index (χ3v) is 1.79. The van der Waals surface area contributed by atoms with Gasteiger partial charge in [-0.1, -0.05) is 19.6 Å². The Morgan fingerprint density at radius 3 is 2.75 bits per heavy atom. The summed E-state index contributed by atoms with van der Waals surface area (Å²) in [5.41, 5.74) is 0.102. The summed E-state index contributed by atoms with van der Waals surface area (Å²) in [6.07, 6.45) is 3.57. The normalized spacial score (nSPS) is 12.4. The Morgan fingerprint density at radius 1 is 1.56 bits per heavy atom. The van der Waals surface area contributed by atoms with Crippen LogP contribution in [0.3, 0.4) is 0 Å². The molecule has 0 N–H and O–H groups in total. The first-order chi connectivity index (χ1) is 7.65. The number of carbonyl (C=O) groups is 1. The van der Waals surface area contributed by atoms with Gasteiger partial charge in [0.05, 0.1) is 13.2 Å². The van der Waals surface area contributed by atoms with Gasteiger partial charge in [0, 0.05) is 6.21 Å². The first-order valence-corrected chi connectivity index (χ1v) is 5.22. The van der Waals surface area contributed by atoms with Gasteiger partial charge < -0.3 is 9.47 Å². The fourth-order valence-electron chi connectivity index (χ4n) is 0.946. The third-order valence-electron chi connectivity index (χ3n) is 1.79. The number of aliphatic imine (C=N–C) groups is 1. The highest BCUT2D eigenvalue weighted by atomic mass is 16.6. The standard InChI is InChI=1S/C12H19NO3/c1-5-8-15-9-11(6-2)16-12(14)10(4)13-7-3/h5,7,11H,1,4,6,8-9H2,2-3H3. The van der Waals surface area contributed by atoms with E-state index >= 15 is 0 Å². The van der Waals surface area contributed by atoms with Gasteiger partial charge in [0.25, 0.3) is 0 Å². The van der Waals surface area contributed by atoms with Gasteiger partial charge in [-0.3, -0.25) is 4.99 Å². The molecule has 0 bridgehead atoms. The lowest BCUT2D eigenvalue weighted by Gasteiger charge is -2.15. The van der Waals surface area contributed by atoms with Gasteiger partial charge >= 0.3 is 5.97 Å². The summed E-state index contributed by atoms with van der Waals surface area (Å²) in [6, 6.07) is 0. The topological polar surface area (TPSA) is 47.9 Å². The average molecular weight is 225 g/mol. The Balaban J connectivity index is 4.05. The molecule has 4 nitrogen and oxygen atoms in total. The van der Waals surface area contributed by atoms with Crippen molar-refractivity contribution >= 4 is 12.2 Å². The smallest absolute Gasteiger partial charge is 0.356 e. The second-order valence-electron chi connectivity index (χ2n) is 3.10. The van der Waals surface area contributed by atoms with Crippen molar-refractivity contribution in [2.75, 3.05) is 13.2 Å². The molecule has 0 amide bonds. The highest BCUT2D eigenvalue weighted by molar-refractivity contribution is 5.89. The van der Waals surface area contributed by atoms with Gasteiger partial charge in [-0.15, -0.1) is 6.58 Å². The largest absolute Gasteiger partial charge is 0.455 e. The minimum Gasteiger partial charge on any atom is -0.455 e. The molecule has 0 saturated carbocycles. The summed E-state index contributed by atoms with van der Waals surface area (Å²) in [7, 11) is 0. The summed E-state index contributed by atoms with van der Waals surface area (Å²) in [4.78, 5) is 15.2. The van der Waals surface area contributed by atoms with Crippen LogP contribution in [0.25, 0.3) is 0 Å². The van der Waals surface area contributed by atoms with Crippen LogP contribution in [0.15, 0.2) is 29.9 Å². The number of carbonyl (C=O) groups excluding carboxylic acids is 1. The molecule has 90 valence electrons. The monoisotopic (exact) mass is 225 g/mol. The van der Waals surface area contributed by atoms with E-state index in [0.717, 1.165) is 0 Å². The van der Waals surface area contributed by atoms with Crippen LogP contribution in [0, 0.1) is 0 Å². The quantitative estimate of drug-likeness (QED) is 0.209. The Bertz CT molecular complexity index is 271. The van der Waals surface area contributed by atoms with Gasteiger partial charge in [-0.2, -0.15) is 0 Å². The lowest BCUT2D eigenvalue weighted by molar-refractivity contribution is -0.147. The van der Waals surface area contributed by atoms with E-state index in [0.29, 0.717) is 19.6 Å². The Hall–Kier alpha value is -1.42. The molecule has 0 aromatic heterocycles. The van der Waals surface area contributed by atoms with Crippen molar-refractivity contribution in [1.29, 1.82) is 0 Å². The summed E-state index contributed by atoms with van der Waals surface area (Å²) >= 11 is 0. The number of rotatable bonds is 8. The van der Waals surface area contributed by atoms with Crippen molar-refractivity contribution < 1.29 is 14.3 Å². The fourth-order valence-corrected chi connectivity index (χ4v) is 0.946. The Labute approximate surface area is 96.7 Å². The molecule has 0 heterocycles. The van der Waals surface area contributed by atoms with Gasteiger partial charge in [0.2, 0.25) is 0 Å². The van der Waals surface area contributed by atoms with Gasteiger partial charge in [-0.05, 0) is 13.3 Å². The molecule has 4 heteroatoms. The van der Waals surface area contributed by atoms with Crippen LogP contribution in [0.4, 0.5) is 0 Å². The molecule has 0 aliphatic carbocycles. The first-order valence-electron chi connectivity index (χ1n) is 5.22. The van der Waals surface area contributed by atoms with Crippen LogP contribution in [0.1, 0.15) is 20.3 Å². The van der Waals surface area contributed by atoms with Crippen LogP contribution >= 0.6 is 0 Å². The number of hydrogen-bond donors (Lipinski definition) is 0. The molecule has 0 aromatic carbocycles. The fraction of sp³-hybridized carbons (Fsp3) is 0.500. The number of nitrogens with zero attached hydrogens (tertiary/aromatic N) is 1. The molecule has 0 saturated heterocycles. The average Bonchev–Trinajstić information content (AvgIpc) is 2.28. The Morgan fingerprint density at radius 2 is 2.25 bits per heavy atom. The summed E-state index contributed by atoms with van der Waals surface area (Å²) in [5.74, 6) is -0.507.